The van der Waals surface area contributed by atoms with Crippen molar-refractivity contribution in [2.24, 2.45) is 0 Å². The summed E-state index contributed by atoms with van der Waals surface area (Å²) in [5.41, 5.74) is 0.0692. The molecule has 98 valence electrons. The molecule has 8 heteroatoms. The molecule has 0 atom stereocenters. The quantitative estimate of drug-likeness (QED) is 0.503. The van der Waals surface area contributed by atoms with Crippen molar-refractivity contribution in [1.29, 1.82) is 0 Å². The highest BCUT2D eigenvalue weighted by Gasteiger charge is 2.20. The molecule has 2 rings (SSSR count). The molecule has 2 N–H and O–H groups in total. The molecule has 1 aromatic carbocycles. The normalized spacial score (nSPS) is 10.2. The van der Waals surface area contributed by atoms with Gasteiger partial charge < -0.3 is 10.3 Å². The summed E-state index contributed by atoms with van der Waals surface area (Å²) in [6.07, 6.45) is 1.36. The molecule has 0 unspecified atom stereocenters. The minimum Gasteiger partial charge on any atom is -0.383 e. The van der Waals surface area contributed by atoms with Crippen LogP contribution in [-0.4, -0.2) is 21.9 Å². The molecule has 0 aliphatic heterocycles. The Morgan fingerprint density at radius 3 is 2.84 bits per heavy atom. The van der Waals surface area contributed by atoms with Crippen LogP contribution in [0.5, 0.6) is 0 Å². The lowest BCUT2D eigenvalue weighted by Crippen LogP contribution is -2.05. The number of H-pyrrole nitrogens is 1. The van der Waals surface area contributed by atoms with Gasteiger partial charge in [0, 0.05) is 19.3 Å². The molecule has 0 aliphatic carbocycles. The van der Waals surface area contributed by atoms with Gasteiger partial charge in [0.05, 0.1) is 9.82 Å². The van der Waals surface area contributed by atoms with Gasteiger partial charge in [-0.2, -0.15) is 0 Å². The van der Waals surface area contributed by atoms with Crippen LogP contribution in [0.4, 0.5) is 11.4 Å². The third kappa shape index (κ3) is 2.91. The predicted octanol–water partition coefficient (Wildman–Crippen LogP) is 1.87. The molecule has 1 heterocycles. The standard InChI is InChI=1S/C11H10N4O3S/c1-12-7-3-2-4-8(10(7)15(17)18)19-11-13-6-5-9(16)14-11/h2-6,12H,1H3,(H,13,14,16). The van der Waals surface area contributed by atoms with E-state index < -0.39 is 4.92 Å². The van der Waals surface area contributed by atoms with Crippen LogP contribution >= 0.6 is 11.8 Å². The first-order valence-electron chi connectivity index (χ1n) is 5.30. The first kappa shape index (κ1) is 13.1. The van der Waals surface area contributed by atoms with Crippen LogP contribution in [0.2, 0.25) is 0 Å². The number of nitrogens with one attached hydrogen (secondary N) is 2. The van der Waals surface area contributed by atoms with Gasteiger partial charge in [-0.1, -0.05) is 6.07 Å². The molecular formula is C11H10N4O3S. The van der Waals surface area contributed by atoms with Crippen LogP contribution in [0.15, 0.2) is 45.3 Å². The van der Waals surface area contributed by atoms with Gasteiger partial charge in [0.1, 0.15) is 5.69 Å². The number of nitrogens with zero attached hydrogens (tertiary/aromatic N) is 2. The number of para-hydroxylation sites is 1. The lowest BCUT2D eigenvalue weighted by Gasteiger charge is -2.06. The number of nitro benzene ring substituents is 1. The van der Waals surface area contributed by atoms with E-state index in [0.717, 1.165) is 11.8 Å². The highest BCUT2D eigenvalue weighted by Crippen LogP contribution is 2.37. The fraction of sp³-hybridized carbons (Fsp3) is 0.0909. The van der Waals surface area contributed by atoms with Crippen LogP contribution in [0.25, 0.3) is 0 Å². The van der Waals surface area contributed by atoms with E-state index in [0.29, 0.717) is 15.7 Å². The van der Waals surface area contributed by atoms with Crippen molar-refractivity contribution in [1.82, 2.24) is 9.97 Å². The van der Waals surface area contributed by atoms with E-state index in [2.05, 4.69) is 15.3 Å². The second kappa shape index (κ2) is 5.53. The van der Waals surface area contributed by atoms with Crippen molar-refractivity contribution in [3.8, 4) is 0 Å². The smallest absolute Gasteiger partial charge is 0.306 e. The maximum atomic E-state index is 11.2. The Balaban J connectivity index is 2.45. The Hall–Kier alpha value is -2.35. The van der Waals surface area contributed by atoms with Crippen LogP contribution in [0.1, 0.15) is 0 Å². The topological polar surface area (TPSA) is 101 Å². The minimum atomic E-state index is -0.463. The molecule has 1 aromatic heterocycles. The molecule has 0 bridgehead atoms. The van der Waals surface area contributed by atoms with E-state index in [1.807, 2.05) is 0 Å². The molecule has 19 heavy (non-hydrogen) atoms. The first-order valence-corrected chi connectivity index (χ1v) is 6.12. The Morgan fingerprint density at radius 2 is 2.21 bits per heavy atom. The van der Waals surface area contributed by atoms with Gasteiger partial charge >= 0.3 is 5.69 Å². The van der Waals surface area contributed by atoms with E-state index >= 15 is 0 Å². The predicted molar refractivity (Wildman–Crippen MR) is 71.6 cm³/mol. The number of hydrogen-bond donors (Lipinski definition) is 2. The third-order valence-electron chi connectivity index (χ3n) is 2.31. The number of benzene rings is 1. The summed E-state index contributed by atoms with van der Waals surface area (Å²) in [7, 11) is 1.61. The Morgan fingerprint density at radius 1 is 1.42 bits per heavy atom. The number of rotatable bonds is 4. The van der Waals surface area contributed by atoms with Crippen LogP contribution in [0, 0.1) is 10.1 Å². The van der Waals surface area contributed by atoms with Gasteiger partial charge in [0.15, 0.2) is 5.16 Å². The molecule has 7 nitrogen and oxygen atoms in total. The Bertz CT molecular complexity index is 671. The number of aromatic amines is 1. The zero-order valence-electron chi connectivity index (χ0n) is 9.91. The molecule has 0 radical (unpaired) electrons. The zero-order valence-corrected chi connectivity index (χ0v) is 10.7. The Kier molecular flexibility index (Phi) is 3.81. The average Bonchev–Trinajstić information content (AvgIpc) is 2.38. The summed E-state index contributed by atoms with van der Waals surface area (Å²) >= 11 is 1.04. The minimum absolute atomic E-state index is 0.0403. The number of hydrogen-bond acceptors (Lipinski definition) is 6. The highest BCUT2D eigenvalue weighted by atomic mass is 32.2. The maximum Gasteiger partial charge on any atom is 0.306 e. The van der Waals surface area contributed by atoms with Crippen LogP contribution in [0.3, 0.4) is 0 Å². The second-order valence-electron chi connectivity index (χ2n) is 3.50. The summed E-state index contributed by atoms with van der Waals surface area (Å²) < 4.78 is 0. The lowest BCUT2D eigenvalue weighted by molar-refractivity contribution is -0.386. The van der Waals surface area contributed by atoms with Gasteiger partial charge in [-0.05, 0) is 23.9 Å². The van der Waals surface area contributed by atoms with Crippen molar-refractivity contribution in [3.63, 3.8) is 0 Å². The first-order chi connectivity index (χ1) is 9.11. The highest BCUT2D eigenvalue weighted by molar-refractivity contribution is 7.99. The zero-order chi connectivity index (χ0) is 13.8. The Labute approximate surface area is 112 Å². The molecule has 0 aliphatic rings. The second-order valence-corrected chi connectivity index (χ2v) is 4.53. The molecule has 0 fully saturated rings. The maximum absolute atomic E-state index is 11.2. The van der Waals surface area contributed by atoms with Gasteiger partial charge in [-0.25, -0.2) is 4.98 Å². The number of nitro groups is 1. The van der Waals surface area contributed by atoms with E-state index in [-0.39, 0.29) is 11.2 Å². The monoisotopic (exact) mass is 278 g/mol. The van der Waals surface area contributed by atoms with E-state index in [1.54, 1.807) is 25.2 Å². The molecular weight excluding hydrogens is 268 g/mol. The van der Waals surface area contributed by atoms with Gasteiger partial charge in [-0.3, -0.25) is 14.9 Å². The number of aromatic nitrogens is 2. The van der Waals surface area contributed by atoms with Crippen molar-refractivity contribution in [2.45, 2.75) is 10.1 Å². The van der Waals surface area contributed by atoms with Crippen molar-refractivity contribution in [2.75, 3.05) is 12.4 Å². The van der Waals surface area contributed by atoms with Crippen molar-refractivity contribution in [3.05, 3.63) is 50.9 Å². The molecule has 0 saturated heterocycles. The van der Waals surface area contributed by atoms with E-state index in [9.17, 15) is 14.9 Å². The summed E-state index contributed by atoms with van der Waals surface area (Å²) in [5, 5.41) is 14.2. The van der Waals surface area contributed by atoms with Crippen LogP contribution in [-0.2, 0) is 0 Å². The van der Waals surface area contributed by atoms with Crippen molar-refractivity contribution < 1.29 is 4.92 Å². The van der Waals surface area contributed by atoms with Crippen molar-refractivity contribution >= 4 is 23.1 Å². The fourth-order valence-corrected chi connectivity index (χ4v) is 2.40. The molecule has 0 saturated carbocycles. The molecule has 0 spiro atoms. The van der Waals surface area contributed by atoms with Gasteiger partial charge in [-0.15, -0.1) is 0 Å². The summed E-state index contributed by atoms with van der Waals surface area (Å²) in [6, 6.07) is 6.20. The van der Waals surface area contributed by atoms with E-state index in [1.165, 1.54) is 12.3 Å². The van der Waals surface area contributed by atoms with Gasteiger partial charge in [0.25, 0.3) is 5.56 Å². The average molecular weight is 278 g/mol. The molecule has 2 aromatic rings. The third-order valence-corrected chi connectivity index (χ3v) is 3.26. The summed E-state index contributed by atoms with van der Waals surface area (Å²) in [6.45, 7) is 0. The lowest BCUT2D eigenvalue weighted by atomic mass is 10.3. The number of anilines is 1. The molecule has 0 amide bonds. The summed E-state index contributed by atoms with van der Waals surface area (Å²) in [4.78, 5) is 28.7. The van der Waals surface area contributed by atoms with E-state index in [4.69, 9.17) is 0 Å². The van der Waals surface area contributed by atoms with Gasteiger partial charge in [0.2, 0.25) is 0 Å². The fourth-order valence-electron chi connectivity index (χ4n) is 1.50. The SMILES string of the molecule is CNc1cccc(Sc2nccc(=O)[nH]2)c1[N+](=O)[O-]. The largest absolute Gasteiger partial charge is 0.383 e. The summed E-state index contributed by atoms with van der Waals surface area (Å²) in [5.74, 6) is 0. The van der Waals surface area contributed by atoms with Crippen LogP contribution < -0.4 is 10.9 Å².